The number of rotatable bonds is 7. The first-order valence-electron chi connectivity index (χ1n) is 5.23. The monoisotopic (exact) mass is 210 g/mol. The second-order valence-corrected chi connectivity index (χ2v) is 3.52. The van der Waals surface area contributed by atoms with Crippen LogP contribution in [0.25, 0.3) is 0 Å². The van der Waals surface area contributed by atoms with Crippen molar-refractivity contribution in [2.75, 3.05) is 13.2 Å². The predicted octanol–water partition coefficient (Wildman–Crippen LogP) is 1.34. The molecule has 3 nitrogen and oxygen atoms in total. The van der Waals surface area contributed by atoms with Gasteiger partial charge in [-0.2, -0.15) is 0 Å². The number of hydrogen-bond donors (Lipinski definition) is 2. The van der Waals surface area contributed by atoms with Crippen molar-refractivity contribution in [1.82, 2.24) is 0 Å². The summed E-state index contributed by atoms with van der Waals surface area (Å²) in [7, 11) is 0. The van der Waals surface area contributed by atoms with E-state index in [4.69, 9.17) is 9.84 Å². The normalized spacial score (nSPS) is 12.7. The van der Waals surface area contributed by atoms with E-state index < -0.39 is 6.10 Å². The highest BCUT2D eigenvalue weighted by Gasteiger charge is 2.03. The van der Waals surface area contributed by atoms with Gasteiger partial charge in [0.15, 0.2) is 0 Å². The molecular weight excluding hydrogens is 192 g/mol. The smallest absolute Gasteiger partial charge is 0.0774 e. The molecule has 0 fully saturated rings. The van der Waals surface area contributed by atoms with Crippen molar-refractivity contribution in [3.63, 3.8) is 0 Å². The lowest BCUT2D eigenvalue weighted by Gasteiger charge is -2.10. The Morgan fingerprint density at radius 3 is 2.60 bits per heavy atom. The first-order valence-corrected chi connectivity index (χ1v) is 5.23. The molecule has 3 heteroatoms. The van der Waals surface area contributed by atoms with Crippen LogP contribution >= 0.6 is 0 Å². The Kier molecular flexibility index (Phi) is 6.00. The van der Waals surface area contributed by atoms with Gasteiger partial charge in [-0.1, -0.05) is 30.3 Å². The molecular formula is C12H18O3. The van der Waals surface area contributed by atoms with Gasteiger partial charge in [0.25, 0.3) is 0 Å². The van der Waals surface area contributed by atoms with Crippen LogP contribution in [-0.4, -0.2) is 29.5 Å². The van der Waals surface area contributed by atoms with Crippen molar-refractivity contribution in [2.24, 2.45) is 0 Å². The molecule has 1 unspecified atom stereocenters. The van der Waals surface area contributed by atoms with E-state index in [-0.39, 0.29) is 6.61 Å². The first-order chi connectivity index (χ1) is 7.33. The van der Waals surface area contributed by atoms with Gasteiger partial charge < -0.3 is 14.9 Å². The van der Waals surface area contributed by atoms with Crippen molar-refractivity contribution in [1.29, 1.82) is 0 Å². The van der Waals surface area contributed by atoms with E-state index in [2.05, 4.69) is 0 Å². The molecule has 84 valence electrons. The van der Waals surface area contributed by atoms with E-state index >= 15 is 0 Å². The first kappa shape index (κ1) is 12.2. The SMILES string of the molecule is OCCCC(O)COCc1ccccc1. The van der Waals surface area contributed by atoms with Crippen LogP contribution in [0.2, 0.25) is 0 Å². The van der Waals surface area contributed by atoms with Gasteiger partial charge in [0, 0.05) is 6.61 Å². The van der Waals surface area contributed by atoms with Gasteiger partial charge in [0.05, 0.1) is 19.3 Å². The van der Waals surface area contributed by atoms with Gasteiger partial charge in [0.1, 0.15) is 0 Å². The fraction of sp³-hybridized carbons (Fsp3) is 0.500. The van der Waals surface area contributed by atoms with E-state index in [1.165, 1.54) is 0 Å². The fourth-order valence-electron chi connectivity index (χ4n) is 1.30. The van der Waals surface area contributed by atoms with Crippen LogP contribution in [0.5, 0.6) is 0 Å². The van der Waals surface area contributed by atoms with E-state index in [0.29, 0.717) is 26.1 Å². The summed E-state index contributed by atoms with van der Waals surface area (Å²) in [5, 5.41) is 18.0. The molecule has 0 aliphatic rings. The summed E-state index contributed by atoms with van der Waals surface area (Å²) >= 11 is 0. The van der Waals surface area contributed by atoms with Crippen molar-refractivity contribution in [2.45, 2.75) is 25.6 Å². The van der Waals surface area contributed by atoms with Gasteiger partial charge in [-0.05, 0) is 18.4 Å². The number of benzene rings is 1. The third-order valence-corrected chi connectivity index (χ3v) is 2.12. The minimum absolute atomic E-state index is 0.121. The van der Waals surface area contributed by atoms with E-state index in [1.807, 2.05) is 30.3 Å². The second kappa shape index (κ2) is 7.40. The molecule has 15 heavy (non-hydrogen) atoms. The molecule has 0 amide bonds. The Labute approximate surface area is 90.3 Å². The maximum Gasteiger partial charge on any atom is 0.0774 e. The minimum Gasteiger partial charge on any atom is -0.396 e. The Morgan fingerprint density at radius 1 is 1.20 bits per heavy atom. The molecule has 0 saturated heterocycles. The van der Waals surface area contributed by atoms with Crippen molar-refractivity contribution >= 4 is 0 Å². The third kappa shape index (κ3) is 5.52. The lowest BCUT2D eigenvalue weighted by atomic mass is 10.2. The molecule has 0 aliphatic heterocycles. The van der Waals surface area contributed by atoms with Crippen LogP contribution < -0.4 is 0 Å². The minimum atomic E-state index is -0.471. The molecule has 0 radical (unpaired) electrons. The van der Waals surface area contributed by atoms with E-state index in [9.17, 15) is 5.11 Å². The molecule has 2 N–H and O–H groups in total. The number of hydrogen-bond acceptors (Lipinski definition) is 3. The summed E-state index contributed by atoms with van der Waals surface area (Å²) in [4.78, 5) is 0. The lowest BCUT2D eigenvalue weighted by molar-refractivity contribution is 0.0216. The maximum atomic E-state index is 9.42. The van der Waals surface area contributed by atoms with Crippen molar-refractivity contribution in [3.8, 4) is 0 Å². The maximum absolute atomic E-state index is 9.42. The number of aliphatic hydroxyl groups is 2. The average molecular weight is 210 g/mol. The lowest BCUT2D eigenvalue weighted by Crippen LogP contribution is -2.15. The fourth-order valence-corrected chi connectivity index (χ4v) is 1.30. The molecule has 0 aromatic heterocycles. The molecule has 0 aliphatic carbocycles. The van der Waals surface area contributed by atoms with E-state index in [0.717, 1.165) is 5.56 Å². The van der Waals surface area contributed by atoms with Gasteiger partial charge in [-0.3, -0.25) is 0 Å². The molecule has 0 saturated carbocycles. The number of ether oxygens (including phenoxy) is 1. The second-order valence-electron chi connectivity index (χ2n) is 3.52. The summed E-state index contributed by atoms with van der Waals surface area (Å²) < 4.78 is 5.35. The van der Waals surface area contributed by atoms with Crippen LogP contribution in [0.3, 0.4) is 0 Å². The van der Waals surface area contributed by atoms with Gasteiger partial charge in [-0.25, -0.2) is 0 Å². The molecule has 1 aromatic carbocycles. The van der Waals surface area contributed by atoms with Gasteiger partial charge in [0.2, 0.25) is 0 Å². The number of aliphatic hydroxyl groups excluding tert-OH is 2. The van der Waals surface area contributed by atoms with Crippen LogP contribution in [0.15, 0.2) is 30.3 Å². The molecule has 0 bridgehead atoms. The Bertz CT molecular complexity index is 248. The van der Waals surface area contributed by atoms with Gasteiger partial charge in [-0.15, -0.1) is 0 Å². The zero-order chi connectivity index (χ0) is 10.9. The summed E-state index contributed by atoms with van der Waals surface area (Å²) in [6, 6.07) is 9.85. The molecule has 0 spiro atoms. The van der Waals surface area contributed by atoms with Crippen molar-refractivity contribution in [3.05, 3.63) is 35.9 Å². The largest absolute Gasteiger partial charge is 0.396 e. The molecule has 1 rings (SSSR count). The summed E-state index contributed by atoms with van der Waals surface area (Å²) in [5.74, 6) is 0. The van der Waals surface area contributed by atoms with Crippen LogP contribution in [0.1, 0.15) is 18.4 Å². The van der Waals surface area contributed by atoms with Crippen LogP contribution in [0.4, 0.5) is 0 Å². The highest BCUT2D eigenvalue weighted by atomic mass is 16.5. The summed E-state index contributed by atoms with van der Waals surface area (Å²) in [6.07, 6.45) is 0.738. The predicted molar refractivity (Wildman–Crippen MR) is 58.4 cm³/mol. The van der Waals surface area contributed by atoms with E-state index in [1.54, 1.807) is 0 Å². The topological polar surface area (TPSA) is 49.7 Å². The van der Waals surface area contributed by atoms with Crippen LogP contribution in [0, 0.1) is 0 Å². The third-order valence-electron chi connectivity index (χ3n) is 2.12. The average Bonchev–Trinajstić information content (AvgIpc) is 2.28. The summed E-state index contributed by atoms with van der Waals surface area (Å²) in [6.45, 7) is 0.974. The highest BCUT2D eigenvalue weighted by molar-refractivity contribution is 5.13. The zero-order valence-electron chi connectivity index (χ0n) is 8.80. The van der Waals surface area contributed by atoms with Crippen molar-refractivity contribution < 1.29 is 14.9 Å². The quantitative estimate of drug-likeness (QED) is 0.714. The Balaban J connectivity index is 2.11. The molecule has 0 heterocycles. The Hall–Kier alpha value is -0.900. The summed E-state index contributed by atoms with van der Waals surface area (Å²) in [5.41, 5.74) is 1.10. The molecule has 1 atom stereocenters. The van der Waals surface area contributed by atoms with Gasteiger partial charge >= 0.3 is 0 Å². The molecule has 1 aromatic rings. The zero-order valence-corrected chi connectivity index (χ0v) is 8.80. The van der Waals surface area contributed by atoms with Crippen LogP contribution in [-0.2, 0) is 11.3 Å². The standard InChI is InChI=1S/C12H18O3/c13-8-4-7-12(14)10-15-9-11-5-2-1-3-6-11/h1-3,5-6,12-14H,4,7-10H2. The Morgan fingerprint density at radius 2 is 1.93 bits per heavy atom. The highest BCUT2D eigenvalue weighted by Crippen LogP contribution is 2.02.